The predicted molar refractivity (Wildman–Crippen MR) is 117 cm³/mol. The number of nitriles is 2. The summed E-state index contributed by atoms with van der Waals surface area (Å²) in [5.41, 5.74) is 3.50. The number of rotatable bonds is 8. The molecule has 7 heteroatoms. The molecule has 0 saturated heterocycles. The summed E-state index contributed by atoms with van der Waals surface area (Å²) < 4.78 is 29.6. The van der Waals surface area contributed by atoms with Gasteiger partial charge in [-0.2, -0.15) is 18.9 Å². The van der Waals surface area contributed by atoms with Crippen LogP contribution in [0.3, 0.4) is 0 Å². The third kappa shape index (κ3) is 6.31. The van der Waals surface area contributed by atoms with Crippen LogP contribution in [0.2, 0.25) is 0 Å². The number of allylic oxidation sites excluding steroid dienone is 3. The Morgan fingerprint density at radius 2 is 1.67 bits per heavy atom. The van der Waals surface area contributed by atoms with E-state index in [1.807, 2.05) is 61.4 Å². The van der Waals surface area contributed by atoms with Crippen LogP contribution in [0, 0.1) is 29.6 Å². The molecule has 0 radical (unpaired) electrons. The van der Waals surface area contributed by atoms with Gasteiger partial charge >= 0.3 is 0 Å². The van der Waals surface area contributed by atoms with E-state index < -0.39 is 10.1 Å². The Kier molecular flexibility index (Phi) is 7.94. The van der Waals surface area contributed by atoms with E-state index in [1.165, 1.54) is 12.1 Å². The number of likely N-dealkylation sites (N-methyl/N-ethyl adjacent to an activating group) is 1. The molecule has 2 rings (SSSR count). The normalized spacial score (nSPS) is 11.0. The molecular formula is C23H23N3O3S. The van der Waals surface area contributed by atoms with Crippen LogP contribution in [0.1, 0.15) is 18.1 Å². The zero-order valence-corrected chi connectivity index (χ0v) is 18.0. The van der Waals surface area contributed by atoms with Gasteiger partial charge < -0.3 is 4.90 Å². The van der Waals surface area contributed by atoms with Crippen LogP contribution in [0.4, 0.5) is 5.69 Å². The Labute approximate surface area is 178 Å². The van der Waals surface area contributed by atoms with Gasteiger partial charge in [0, 0.05) is 19.3 Å². The zero-order valence-electron chi connectivity index (χ0n) is 17.2. The van der Waals surface area contributed by atoms with E-state index in [4.69, 9.17) is 14.7 Å². The number of aryl methyl sites for hydroxylation is 1. The van der Waals surface area contributed by atoms with Gasteiger partial charge in [-0.3, -0.25) is 4.18 Å². The van der Waals surface area contributed by atoms with Crippen LogP contribution >= 0.6 is 0 Å². The van der Waals surface area contributed by atoms with Gasteiger partial charge in [0.1, 0.15) is 17.7 Å². The Morgan fingerprint density at radius 3 is 2.23 bits per heavy atom. The molecule has 2 aromatic carbocycles. The predicted octanol–water partition coefficient (Wildman–Crippen LogP) is 4.21. The van der Waals surface area contributed by atoms with Crippen molar-refractivity contribution in [1.82, 2.24) is 0 Å². The molecule has 0 fully saturated rings. The minimum absolute atomic E-state index is 0.0312. The lowest BCUT2D eigenvalue weighted by atomic mass is 10.1. The van der Waals surface area contributed by atoms with Crippen molar-refractivity contribution in [2.24, 2.45) is 0 Å². The maximum absolute atomic E-state index is 12.2. The Hall–Kier alpha value is -3.39. The van der Waals surface area contributed by atoms with Crippen molar-refractivity contribution in [1.29, 1.82) is 10.5 Å². The number of anilines is 1. The summed E-state index contributed by atoms with van der Waals surface area (Å²) in [5.74, 6) is 0. The van der Waals surface area contributed by atoms with E-state index in [0.29, 0.717) is 12.1 Å². The molecule has 0 aliphatic heterocycles. The van der Waals surface area contributed by atoms with E-state index in [9.17, 15) is 8.42 Å². The molecule has 0 heterocycles. The highest BCUT2D eigenvalue weighted by Crippen LogP contribution is 2.17. The Bertz CT molecular complexity index is 1100. The number of benzene rings is 2. The van der Waals surface area contributed by atoms with Gasteiger partial charge in [-0.15, -0.1) is 0 Å². The molecule has 0 unspecified atom stereocenters. The second kappa shape index (κ2) is 10.4. The van der Waals surface area contributed by atoms with Gasteiger partial charge in [0.15, 0.2) is 0 Å². The third-order valence-electron chi connectivity index (χ3n) is 4.45. The summed E-state index contributed by atoms with van der Waals surface area (Å²) >= 11 is 0. The van der Waals surface area contributed by atoms with Crippen molar-refractivity contribution < 1.29 is 12.6 Å². The average Bonchev–Trinajstić information content (AvgIpc) is 2.73. The lowest BCUT2D eigenvalue weighted by Crippen LogP contribution is -2.24. The van der Waals surface area contributed by atoms with Crippen molar-refractivity contribution in [2.75, 3.05) is 25.1 Å². The van der Waals surface area contributed by atoms with Crippen molar-refractivity contribution >= 4 is 21.9 Å². The van der Waals surface area contributed by atoms with Crippen molar-refractivity contribution in [3.05, 3.63) is 76.9 Å². The summed E-state index contributed by atoms with van der Waals surface area (Å²) in [6.45, 7) is 4.03. The zero-order chi connectivity index (χ0) is 22.1. The van der Waals surface area contributed by atoms with Crippen LogP contribution in [0.5, 0.6) is 0 Å². The minimum atomic E-state index is -3.77. The quantitative estimate of drug-likeness (QED) is 0.360. The molecule has 0 bridgehead atoms. The average molecular weight is 422 g/mol. The Balaban J connectivity index is 1.94. The highest BCUT2D eigenvalue weighted by molar-refractivity contribution is 7.86. The SMILES string of the molecule is CC(/C=C/c1ccc(N(C)CCOS(=O)(=O)c2ccc(C)cc2)cc1)=C(C#N)C#N. The summed E-state index contributed by atoms with van der Waals surface area (Å²) in [6.07, 6.45) is 3.55. The first kappa shape index (κ1) is 22.9. The monoisotopic (exact) mass is 421 g/mol. The van der Waals surface area contributed by atoms with Crippen LogP contribution in [-0.4, -0.2) is 28.6 Å². The van der Waals surface area contributed by atoms with Gasteiger partial charge in [-0.05, 0) is 49.2 Å². The molecular weight excluding hydrogens is 398 g/mol. The van der Waals surface area contributed by atoms with E-state index >= 15 is 0 Å². The summed E-state index contributed by atoms with van der Waals surface area (Å²) in [4.78, 5) is 2.04. The largest absolute Gasteiger partial charge is 0.372 e. The molecule has 0 aromatic heterocycles. The number of nitrogens with zero attached hydrogens (tertiary/aromatic N) is 3. The molecule has 2 aromatic rings. The molecule has 0 aliphatic carbocycles. The number of hydrogen-bond donors (Lipinski definition) is 0. The van der Waals surface area contributed by atoms with E-state index in [1.54, 1.807) is 25.1 Å². The first-order chi connectivity index (χ1) is 14.3. The summed E-state index contributed by atoms with van der Waals surface area (Å²) in [7, 11) is -1.92. The Morgan fingerprint density at radius 1 is 1.07 bits per heavy atom. The smallest absolute Gasteiger partial charge is 0.297 e. The van der Waals surface area contributed by atoms with Crippen LogP contribution in [0.15, 0.2) is 70.6 Å². The second-order valence-corrected chi connectivity index (χ2v) is 8.33. The van der Waals surface area contributed by atoms with E-state index in [2.05, 4.69) is 0 Å². The third-order valence-corrected chi connectivity index (χ3v) is 5.78. The highest BCUT2D eigenvalue weighted by Gasteiger charge is 2.15. The van der Waals surface area contributed by atoms with Crippen LogP contribution in [0.25, 0.3) is 6.08 Å². The first-order valence-electron chi connectivity index (χ1n) is 9.23. The topological polar surface area (TPSA) is 94.2 Å². The van der Waals surface area contributed by atoms with Gasteiger partial charge in [0.25, 0.3) is 10.1 Å². The first-order valence-corrected chi connectivity index (χ1v) is 10.6. The number of hydrogen-bond acceptors (Lipinski definition) is 6. The summed E-state index contributed by atoms with van der Waals surface area (Å²) in [6, 6.07) is 17.9. The maximum atomic E-state index is 12.2. The summed E-state index contributed by atoms with van der Waals surface area (Å²) in [5, 5.41) is 17.7. The minimum Gasteiger partial charge on any atom is -0.372 e. The molecule has 6 nitrogen and oxygen atoms in total. The second-order valence-electron chi connectivity index (χ2n) is 6.72. The van der Waals surface area contributed by atoms with Gasteiger partial charge in [0.2, 0.25) is 0 Å². The lowest BCUT2D eigenvalue weighted by molar-refractivity contribution is 0.325. The fourth-order valence-corrected chi connectivity index (χ4v) is 3.43. The van der Waals surface area contributed by atoms with Crippen molar-refractivity contribution in [3.8, 4) is 12.1 Å². The van der Waals surface area contributed by atoms with E-state index in [0.717, 1.165) is 16.8 Å². The lowest BCUT2D eigenvalue weighted by Gasteiger charge is -2.19. The van der Waals surface area contributed by atoms with Gasteiger partial charge in [-0.1, -0.05) is 42.0 Å². The van der Waals surface area contributed by atoms with Gasteiger partial charge in [-0.25, -0.2) is 0 Å². The van der Waals surface area contributed by atoms with E-state index in [-0.39, 0.29) is 17.1 Å². The fraction of sp³-hybridized carbons (Fsp3) is 0.217. The molecule has 0 atom stereocenters. The molecule has 0 N–H and O–H groups in total. The molecule has 0 aliphatic rings. The molecule has 0 spiro atoms. The maximum Gasteiger partial charge on any atom is 0.297 e. The molecule has 154 valence electrons. The highest BCUT2D eigenvalue weighted by atomic mass is 32.2. The molecule has 30 heavy (non-hydrogen) atoms. The standard InChI is InChI=1S/C23H23N3O3S/c1-18-4-12-23(13-5-18)30(27,28)29-15-14-26(3)22-10-8-20(9-11-22)7-6-19(2)21(16-24)17-25/h4-13H,14-15H2,1-3H3/b7-6+. The van der Waals surface area contributed by atoms with Crippen molar-refractivity contribution in [3.63, 3.8) is 0 Å². The molecule has 0 amide bonds. The van der Waals surface area contributed by atoms with Crippen molar-refractivity contribution in [2.45, 2.75) is 18.7 Å². The van der Waals surface area contributed by atoms with Gasteiger partial charge in [0.05, 0.1) is 11.5 Å². The van der Waals surface area contributed by atoms with Crippen LogP contribution < -0.4 is 4.90 Å². The fourth-order valence-electron chi connectivity index (χ4n) is 2.53. The molecule has 0 saturated carbocycles. The van der Waals surface area contributed by atoms with Crippen LogP contribution in [-0.2, 0) is 14.3 Å².